The van der Waals surface area contributed by atoms with Crippen molar-refractivity contribution in [3.05, 3.63) is 225 Å². The van der Waals surface area contributed by atoms with Crippen molar-refractivity contribution in [1.29, 1.82) is 0 Å². The molecule has 12 aromatic rings. The zero-order valence-electron chi connectivity index (χ0n) is 32.2. The fraction of sp³-hybridized carbons (Fsp3) is 0. The Balaban J connectivity index is 1.00. The molecule has 12 rings (SSSR count). The third kappa shape index (κ3) is 5.36. The largest absolute Gasteiger partial charge is 0.316 e. The molecule has 0 atom stereocenters. The first-order chi connectivity index (χ1) is 29.3. The van der Waals surface area contributed by atoms with Crippen molar-refractivity contribution in [2.45, 2.75) is 0 Å². The average Bonchev–Trinajstić information content (AvgIpc) is 4.00. The molecule has 0 fully saturated rings. The Kier molecular flexibility index (Phi) is 7.54. The molecule has 0 amide bonds. The highest BCUT2D eigenvalue weighted by Gasteiger charge is 2.19. The normalized spacial score (nSPS) is 11.7. The van der Waals surface area contributed by atoms with E-state index in [9.17, 15) is 0 Å². The van der Waals surface area contributed by atoms with Gasteiger partial charge in [-0.25, -0.2) is 0 Å². The lowest BCUT2D eigenvalue weighted by atomic mass is 10.0. The van der Waals surface area contributed by atoms with Gasteiger partial charge in [-0.05, 0) is 112 Å². The highest BCUT2D eigenvalue weighted by molar-refractivity contribution is 6.18. The summed E-state index contributed by atoms with van der Waals surface area (Å²) in [5, 5.41) is 6.21. The standard InChI is InChI=1S/C56H37N3/c1-4-12-38(13-5-1)41-20-24-44(25-21-41)57-35-34-49-52(57)33-30-48-47-18-10-11-19-53(47)59(56(48)49)46-28-26-45(27-29-46)58-54-31-22-42(39-14-6-2-7-15-39)36-50(54)51-37-43(23-32-55(51)58)40-16-8-3-9-17-40/h1-37H. The van der Waals surface area contributed by atoms with Gasteiger partial charge in [-0.3, -0.25) is 0 Å². The highest BCUT2D eigenvalue weighted by Crippen LogP contribution is 2.40. The molecule has 276 valence electrons. The van der Waals surface area contributed by atoms with Gasteiger partial charge in [0, 0.05) is 50.2 Å². The van der Waals surface area contributed by atoms with E-state index in [1.807, 2.05) is 0 Å². The van der Waals surface area contributed by atoms with Gasteiger partial charge in [0.2, 0.25) is 0 Å². The Morgan fingerprint density at radius 2 is 0.678 bits per heavy atom. The second-order valence-electron chi connectivity index (χ2n) is 15.4. The summed E-state index contributed by atoms with van der Waals surface area (Å²) in [6.07, 6.45) is 2.21. The lowest BCUT2D eigenvalue weighted by Gasteiger charge is -2.13. The smallest absolute Gasteiger partial charge is 0.0635 e. The Hall–Kier alpha value is -7.88. The minimum atomic E-state index is 1.13. The molecule has 0 unspecified atom stereocenters. The van der Waals surface area contributed by atoms with Crippen LogP contribution in [0.15, 0.2) is 225 Å². The van der Waals surface area contributed by atoms with Gasteiger partial charge in [0.25, 0.3) is 0 Å². The Bertz CT molecular complexity index is 3400. The van der Waals surface area contributed by atoms with E-state index in [4.69, 9.17) is 0 Å². The van der Waals surface area contributed by atoms with Crippen LogP contribution in [0, 0.1) is 0 Å². The van der Waals surface area contributed by atoms with E-state index >= 15 is 0 Å². The van der Waals surface area contributed by atoms with E-state index < -0.39 is 0 Å². The number of rotatable bonds is 6. The molecule has 0 spiro atoms. The van der Waals surface area contributed by atoms with E-state index in [0.29, 0.717) is 0 Å². The van der Waals surface area contributed by atoms with Crippen molar-refractivity contribution in [3.8, 4) is 50.4 Å². The van der Waals surface area contributed by atoms with E-state index in [1.54, 1.807) is 0 Å². The second-order valence-corrected chi connectivity index (χ2v) is 15.4. The van der Waals surface area contributed by atoms with Gasteiger partial charge in [0.05, 0.1) is 27.6 Å². The summed E-state index contributed by atoms with van der Waals surface area (Å²) in [6.45, 7) is 0. The van der Waals surface area contributed by atoms with Crippen LogP contribution in [0.1, 0.15) is 0 Å². The lowest BCUT2D eigenvalue weighted by Crippen LogP contribution is -1.98. The first-order valence-corrected chi connectivity index (χ1v) is 20.3. The molecule has 3 nitrogen and oxygen atoms in total. The zero-order chi connectivity index (χ0) is 38.9. The number of hydrogen-bond donors (Lipinski definition) is 0. The predicted octanol–water partition coefficient (Wildman–Crippen LogP) is 14.8. The molecule has 3 aromatic heterocycles. The maximum absolute atomic E-state index is 2.45. The van der Waals surface area contributed by atoms with Gasteiger partial charge in [0.15, 0.2) is 0 Å². The molecule has 9 aromatic carbocycles. The van der Waals surface area contributed by atoms with Crippen LogP contribution in [-0.4, -0.2) is 13.7 Å². The summed E-state index contributed by atoms with van der Waals surface area (Å²) in [6, 6.07) is 79.4. The van der Waals surface area contributed by atoms with Crippen LogP contribution in [0.2, 0.25) is 0 Å². The molecular formula is C56H37N3. The Labute approximate surface area is 341 Å². The predicted molar refractivity (Wildman–Crippen MR) is 248 cm³/mol. The maximum Gasteiger partial charge on any atom is 0.0635 e. The fourth-order valence-corrected chi connectivity index (χ4v) is 9.29. The molecule has 0 radical (unpaired) electrons. The lowest BCUT2D eigenvalue weighted by molar-refractivity contribution is 1.13. The van der Waals surface area contributed by atoms with Crippen LogP contribution in [-0.2, 0) is 0 Å². The number of hydrogen-bond acceptors (Lipinski definition) is 0. The van der Waals surface area contributed by atoms with Crippen LogP contribution in [0.25, 0.3) is 105 Å². The fourth-order valence-electron chi connectivity index (χ4n) is 9.29. The summed E-state index contributed by atoms with van der Waals surface area (Å²) in [5.74, 6) is 0. The van der Waals surface area contributed by atoms with Crippen molar-refractivity contribution in [2.24, 2.45) is 0 Å². The summed E-state index contributed by atoms with van der Waals surface area (Å²) in [5.41, 5.74) is 16.7. The molecule has 0 N–H and O–H groups in total. The molecule has 0 aliphatic rings. The van der Waals surface area contributed by atoms with Crippen LogP contribution >= 0.6 is 0 Å². The number of fused-ring (bicyclic) bond motifs is 8. The summed E-state index contributed by atoms with van der Waals surface area (Å²) >= 11 is 0. The number of nitrogens with zero attached hydrogens (tertiary/aromatic N) is 3. The quantitative estimate of drug-likeness (QED) is 0.161. The maximum atomic E-state index is 2.45. The minimum absolute atomic E-state index is 1.13. The summed E-state index contributed by atoms with van der Waals surface area (Å²) in [7, 11) is 0. The molecule has 3 heterocycles. The Morgan fingerprint density at radius 3 is 1.27 bits per heavy atom. The summed E-state index contributed by atoms with van der Waals surface area (Å²) < 4.78 is 7.18. The van der Waals surface area contributed by atoms with E-state index in [1.165, 1.54) is 87.9 Å². The van der Waals surface area contributed by atoms with Gasteiger partial charge in [-0.1, -0.05) is 140 Å². The SMILES string of the molecule is c1ccc(-c2ccc(-n3ccc4c3ccc3c5ccccc5n(-c5ccc(-n6c7ccc(-c8ccccc8)cc7c7cc(-c8ccccc8)ccc76)cc5)c34)cc2)cc1. The first-order valence-electron chi connectivity index (χ1n) is 20.3. The van der Waals surface area contributed by atoms with Crippen LogP contribution in [0.5, 0.6) is 0 Å². The molecule has 3 heteroatoms. The highest BCUT2D eigenvalue weighted by atomic mass is 15.0. The van der Waals surface area contributed by atoms with Crippen LogP contribution in [0.3, 0.4) is 0 Å². The molecule has 0 saturated carbocycles. The molecule has 0 saturated heterocycles. The van der Waals surface area contributed by atoms with Gasteiger partial charge in [-0.15, -0.1) is 0 Å². The van der Waals surface area contributed by atoms with Crippen molar-refractivity contribution >= 4 is 54.5 Å². The van der Waals surface area contributed by atoms with Crippen molar-refractivity contribution in [3.63, 3.8) is 0 Å². The first kappa shape index (κ1) is 33.3. The van der Waals surface area contributed by atoms with Gasteiger partial charge >= 0.3 is 0 Å². The van der Waals surface area contributed by atoms with E-state index in [-0.39, 0.29) is 0 Å². The van der Waals surface area contributed by atoms with Gasteiger partial charge in [-0.2, -0.15) is 0 Å². The van der Waals surface area contributed by atoms with Gasteiger partial charge in [0.1, 0.15) is 0 Å². The Morgan fingerprint density at radius 1 is 0.237 bits per heavy atom. The number of aromatic nitrogens is 3. The molecule has 0 bridgehead atoms. The topological polar surface area (TPSA) is 14.8 Å². The number of para-hydroxylation sites is 1. The third-order valence-electron chi connectivity index (χ3n) is 12.1. The molecule has 59 heavy (non-hydrogen) atoms. The number of benzene rings is 9. The third-order valence-corrected chi connectivity index (χ3v) is 12.1. The summed E-state index contributed by atoms with van der Waals surface area (Å²) in [4.78, 5) is 0. The van der Waals surface area contributed by atoms with E-state index in [2.05, 4.69) is 238 Å². The van der Waals surface area contributed by atoms with E-state index in [0.717, 1.165) is 17.1 Å². The van der Waals surface area contributed by atoms with Crippen molar-refractivity contribution in [2.75, 3.05) is 0 Å². The molecule has 0 aliphatic heterocycles. The average molecular weight is 752 g/mol. The van der Waals surface area contributed by atoms with Gasteiger partial charge < -0.3 is 13.7 Å². The van der Waals surface area contributed by atoms with Crippen LogP contribution < -0.4 is 0 Å². The monoisotopic (exact) mass is 751 g/mol. The van der Waals surface area contributed by atoms with Crippen LogP contribution in [0.4, 0.5) is 0 Å². The molecule has 0 aliphatic carbocycles. The van der Waals surface area contributed by atoms with Crippen molar-refractivity contribution < 1.29 is 0 Å². The zero-order valence-corrected chi connectivity index (χ0v) is 32.2. The molecular weight excluding hydrogens is 715 g/mol. The second kappa shape index (κ2) is 13.4. The van der Waals surface area contributed by atoms with Crippen molar-refractivity contribution in [1.82, 2.24) is 13.7 Å². The minimum Gasteiger partial charge on any atom is -0.316 e.